The van der Waals surface area contributed by atoms with Crippen molar-refractivity contribution in [1.29, 1.82) is 0 Å². The van der Waals surface area contributed by atoms with Crippen molar-refractivity contribution < 1.29 is 13.9 Å². The summed E-state index contributed by atoms with van der Waals surface area (Å²) in [4.78, 5) is 11.9. The molecule has 0 spiro atoms. The first kappa shape index (κ1) is 17.7. The number of amides is 1. The van der Waals surface area contributed by atoms with Crippen LogP contribution < -0.4 is 5.32 Å². The van der Waals surface area contributed by atoms with E-state index in [-0.39, 0.29) is 0 Å². The number of rotatable bonds is 3. The zero-order valence-electron chi connectivity index (χ0n) is 15.2. The molecule has 26 heavy (non-hydrogen) atoms. The van der Waals surface area contributed by atoms with E-state index < -0.39 is 11.7 Å². The van der Waals surface area contributed by atoms with Crippen LogP contribution in [0.5, 0.6) is 0 Å². The molecular weight excluding hydrogens is 330 g/mol. The van der Waals surface area contributed by atoms with Gasteiger partial charge in [0.15, 0.2) is 0 Å². The quantitative estimate of drug-likeness (QED) is 0.714. The van der Waals surface area contributed by atoms with Crippen molar-refractivity contribution >= 4 is 11.8 Å². The molecule has 1 aromatic heterocycles. The van der Waals surface area contributed by atoms with E-state index in [1.54, 1.807) is 6.07 Å². The first-order valence-corrected chi connectivity index (χ1v) is 8.32. The Hall–Kier alpha value is -3.15. The van der Waals surface area contributed by atoms with Gasteiger partial charge >= 0.3 is 6.09 Å². The van der Waals surface area contributed by atoms with Gasteiger partial charge in [0.2, 0.25) is 11.8 Å². The third-order valence-corrected chi connectivity index (χ3v) is 3.55. The van der Waals surface area contributed by atoms with Crippen LogP contribution in [0.2, 0.25) is 0 Å². The second-order valence-corrected chi connectivity index (χ2v) is 6.93. The number of ether oxygens (including phenoxy) is 1. The van der Waals surface area contributed by atoms with E-state index in [9.17, 15) is 4.79 Å². The normalized spacial score (nSPS) is 11.2. The first-order valence-electron chi connectivity index (χ1n) is 8.32. The topological polar surface area (TPSA) is 77.3 Å². The second kappa shape index (κ2) is 7.00. The fourth-order valence-electron chi connectivity index (χ4n) is 2.39. The predicted octanol–water partition coefficient (Wildman–Crippen LogP) is 5.06. The maximum atomic E-state index is 11.9. The van der Waals surface area contributed by atoms with Gasteiger partial charge < -0.3 is 9.15 Å². The molecule has 0 fully saturated rings. The largest absolute Gasteiger partial charge is 0.444 e. The molecule has 1 heterocycles. The molecular formula is C20H21N3O3. The number of anilines is 1. The van der Waals surface area contributed by atoms with E-state index in [1.807, 2.05) is 70.2 Å². The Labute approximate surface area is 152 Å². The van der Waals surface area contributed by atoms with E-state index >= 15 is 0 Å². The minimum atomic E-state index is -0.546. The third-order valence-electron chi connectivity index (χ3n) is 3.55. The minimum absolute atomic E-state index is 0.427. The first-order chi connectivity index (χ1) is 12.3. The molecule has 1 amide bonds. The van der Waals surface area contributed by atoms with Crippen LogP contribution in [0.15, 0.2) is 52.9 Å². The SMILES string of the molecule is Cc1cc(-c2nnc(-c3ccccc3)o2)ccc1NC(=O)OC(C)(C)C. The van der Waals surface area contributed by atoms with Gasteiger partial charge in [-0.3, -0.25) is 5.32 Å². The Morgan fingerprint density at radius 2 is 1.65 bits per heavy atom. The summed E-state index contributed by atoms with van der Waals surface area (Å²) in [7, 11) is 0. The highest BCUT2D eigenvalue weighted by atomic mass is 16.6. The lowest BCUT2D eigenvalue weighted by Gasteiger charge is -2.20. The van der Waals surface area contributed by atoms with Crippen LogP contribution in [0.4, 0.5) is 10.5 Å². The highest BCUT2D eigenvalue weighted by molar-refractivity contribution is 5.86. The number of carbonyl (C=O) groups is 1. The zero-order chi connectivity index (χ0) is 18.7. The molecule has 0 saturated heterocycles. The summed E-state index contributed by atoms with van der Waals surface area (Å²) < 4.78 is 11.0. The Balaban J connectivity index is 1.78. The molecule has 1 N–H and O–H groups in total. The van der Waals surface area contributed by atoms with E-state index in [2.05, 4.69) is 15.5 Å². The van der Waals surface area contributed by atoms with Crippen molar-refractivity contribution in [2.75, 3.05) is 5.32 Å². The van der Waals surface area contributed by atoms with Gasteiger partial charge in [0, 0.05) is 16.8 Å². The van der Waals surface area contributed by atoms with Crippen molar-refractivity contribution in [3.8, 4) is 22.9 Å². The average molecular weight is 351 g/mol. The van der Waals surface area contributed by atoms with Gasteiger partial charge in [-0.15, -0.1) is 10.2 Å². The molecule has 134 valence electrons. The van der Waals surface area contributed by atoms with Crippen molar-refractivity contribution in [2.45, 2.75) is 33.3 Å². The highest BCUT2D eigenvalue weighted by Gasteiger charge is 2.17. The molecule has 0 unspecified atom stereocenters. The van der Waals surface area contributed by atoms with E-state index in [0.717, 1.165) is 16.7 Å². The predicted molar refractivity (Wildman–Crippen MR) is 99.8 cm³/mol. The minimum Gasteiger partial charge on any atom is -0.444 e. The Morgan fingerprint density at radius 1 is 1.00 bits per heavy atom. The number of aryl methyl sites for hydroxylation is 1. The van der Waals surface area contributed by atoms with Crippen molar-refractivity contribution in [3.63, 3.8) is 0 Å². The fraction of sp³-hybridized carbons (Fsp3) is 0.250. The van der Waals surface area contributed by atoms with Gasteiger partial charge in [0.25, 0.3) is 0 Å². The molecule has 0 radical (unpaired) electrons. The van der Waals surface area contributed by atoms with Gasteiger partial charge in [-0.25, -0.2) is 4.79 Å². The van der Waals surface area contributed by atoms with Gasteiger partial charge in [-0.1, -0.05) is 18.2 Å². The molecule has 0 atom stereocenters. The lowest BCUT2D eigenvalue weighted by Crippen LogP contribution is -2.27. The molecule has 6 heteroatoms. The monoisotopic (exact) mass is 351 g/mol. The number of nitrogens with zero attached hydrogens (tertiary/aromatic N) is 2. The van der Waals surface area contributed by atoms with E-state index in [1.165, 1.54) is 0 Å². The number of hydrogen-bond acceptors (Lipinski definition) is 5. The summed E-state index contributed by atoms with van der Waals surface area (Å²) in [5.41, 5.74) is 2.65. The number of nitrogens with one attached hydrogen (secondary N) is 1. The molecule has 6 nitrogen and oxygen atoms in total. The molecule has 0 aliphatic carbocycles. The summed E-state index contributed by atoms with van der Waals surface area (Å²) in [5, 5.41) is 11.0. The summed E-state index contributed by atoms with van der Waals surface area (Å²) in [5.74, 6) is 0.894. The van der Waals surface area contributed by atoms with Crippen molar-refractivity contribution in [1.82, 2.24) is 10.2 Å². The smallest absolute Gasteiger partial charge is 0.412 e. The molecule has 0 bridgehead atoms. The molecule has 0 aliphatic heterocycles. The Bertz CT molecular complexity index is 912. The molecule has 2 aromatic carbocycles. The van der Waals surface area contributed by atoms with E-state index in [4.69, 9.17) is 9.15 Å². The zero-order valence-corrected chi connectivity index (χ0v) is 15.2. The van der Waals surface area contributed by atoms with Crippen LogP contribution in [0.3, 0.4) is 0 Å². The van der Waals surface area contributed by atoms with Gasteiger partial charge in [-0.2, -0.15) is 0 Å². The third kappa shape index (κ3) is 4.27. The lowest BCUT2D eigenvalue weighted by atomic mass is 10.1. The maximum absolute atomic E-state index is 11.9. The number of benzene rings is 2. The number of carbonyl (C=O) groups excluding carboxylic acids is 1. The summed E-state index contributed by atoms with van der Waals surface area (Å²) >= 11 is 0. The van der Waals surface area contributed by atoms with Crippen LogP contribution in [0, 0.1) is 6.92 Å². The molecule has 0 aliphatic rings. The molecule has 3 aromatic rings. The fourth-order valence-corrected chi connectivity index (χ4v) is 2.39. The lowest BCUT2D eigenvalue weighted by molar-refractivity contribution is 0.0636. The van der Waals surface area contributed by atoms with E-state index in [0.29, 0.717) is 17.5 Å². The van der Waals surface area contributed by atoms with Crippen molar-refractivity contribution in [3.05, 3.63) is 54.1 Å². The van der Waals surface area contributed by atoms with Crippen LogP contribution in [0.1, 0.15) is 26.3 Å². The standard InChI is InChI=1S/C20H21N3O3/c1-13-12-15(10-11-16(13)21-19(24)26-20(2,3)4)18-23-22-17(25-18)14-8-6-5-7-9-14/h5-12H,1-4H3,(H,21,24). The van der Waals surface area contributed by atoms with Crippen LogP contribution in [-0.2, 0) is 4.74 Å². The van der Waals surface area contributed by atoms with Crippen LogP contribution >= 0.6 is 0 Å². The van der Waals surface area contributed by atoms with Gasteiger partial charge in [-0.05, 0) is 63.6 Å². The van der Waals surface area contributed by atoms with Crippen LogP contribution in [-0.4, -0.2) is 21.9 Å². The Kier molecular flexibility index (Phi) is 4.75. The number of aromatic nitrogens is 2. The average Bonchev–Trinajstić information content (AvgIpc) is 3.06. The van der Waals surface area contributed by atoms with Gasteiger partial charge in [0.05, 0.1) is 0 Å². The highest BCUT2D eigenvalue weighted by Crippen LogP contribution is 2.27. The van der Waals surface area contributed by atoms with Crippen LogP contribution in [0.25, 0.3) is 22.9 Å². The second-order valence-electron chi connectivity index (χ2n) is 6.93. The Morgan fingerprint density at radius 3 is 2.27 bits per heavy atom. The summed E-state index contributed by atoms with van der Waals surface area (Å²) in [6.45, 7) is 7.36. The summed E-state index contributed by atoms with van der Waals surface area (Å²) in [6, 6.07) is 15.1. The maximum Gasteiger partial charge on any atom is 0.412 e. The summed E-state index contributed by atoms with van der Waals surface area (Å²) in [6.07, 6.45) is -0.488. The van der Waals surface area contributed by atoms with Crippen molar-refractivity contribution in [2.24, 2.45) is 0 Å². The number of hydrogen-bond donors (Lipinski definition) is 1. The molecule has 3 rings (SSSR count). The van der Waals surface area contributed by atoms with Gasteiger partial charge in [0.1, 0.15) is 5.60 Å². The molecule has 0 saturated carbocycles.